The summed E-state index contributed by atoms with van der Waals surface area (Å²) in [5, 5.41) is 4.56. The molecule has 1 aromatic rings. The molecular weight excluding hydrogens is 381 g/mol. The summed E-state index contributed by atoms with van der Waals surface area (Å²) in [5.74, 6) is 0.612. The monoisotopic (exact) mass is 407 g/mol. The normalized spacial score (nSPS) is 16.0. The minimum atomic E-state index is 0. The van der Waals surface area contributed by atoms with E-state index >= 15 is 0 Å². The van der Waals surface area contributed by atoms with Crippen LogP contribution in [0.1, 0.15) is 30.8 Å². The number of morpholine rings is 1. The van der Waals surface area contributed by atoms with Crippen molar-refractivity contribution in [2.75, 3.05) is 26.3 Å². The molecule has 1 fully saturated rings. The number of aryl methyl sites for hydroxylation is 2. The SMILES string of the molecule is CCc1nn(C)c(CC)c1CN=C(N)N1CCOCC1.I. The number of guanidine groups is 1. The first-order valence-corrected chi connectivity index (χ1v) is 7.33. The standard InChI is InChI=1S/C14H25N5O.HI/c1-4-12-11(13(5-2)18(3)17-12)10-16-14(15)19-6-8-20-9-7-19;/h4-10H2,1-3H3,(H2,15,16);1H. The number of halogens is 1. The van der Waals surface area contributed by atoms with Crippen molar-refractivity contribution in [1.82, 2.24) is 14.7 Å². The molecule has 1 aliphatic heterocycles. The zero-order valence-corrected chi connectivity index (χ0v) is 15.5. The van der Waals surface area contributed by atoms with Crippen LogP contribution in [-0.4, -0.2) is 46.9 Å². The Morgan fingerprint density at radius 1 is 1.29 bits per heavy atom. The maximum absolute atomic E-state index is 6.08. The van der Waals surface area contributed by atoms with Gasteiger partial charge in [0, 0.05) is 31.4 Å². The quantitative estimate of drug-likeness (QED) is 0.464. The lowest BCUT2D eigenvalue weighted by Crippen LogP contribution is -2.44. The summed E-state index contributed by atoms with van der Waals surface area (Å²) in [6, 6.07) is 0. The van der Waals surface area contributed by atoms with Gasteiger partial charge in [0.25, 0.3) is 0 Å². The van der Waals surface area contributed by atoms with E-state index in [4.69, 9.17) is 10.5 Å². The minimum absolute atomic E-state index is 0. The summed E-state index contributed by atoms with van der Waals surface area (Å²) in [7, 11) is 2.00. The zero-order chi connectivity index (χ0) is 14.5. The molecule has 0 atom stereocenters. The van der Waals surface area contributed by atoms with Crippen molar-refractivity contribution in [1.29, 1.82) is 0 Å². The Balaban J connectivity index is 0.00000220. The second kappa shape index (κ2) is 8.57. The molecule has 1 aliphatic rings. The van der Waals surface area contributed by atoms with Gasteiger partial charge in [-0.2, -0.15) is 5.10 Å². The Morgan fingerprint density at radius 3 is 2.52 bits per heavy atom. The summed E-state index contributed by atoms with van der Waals surface area (Å²) in [4.78, 5) is 6.64. The van der Waals surface area contributed by atoms with Crippen LogP contribution >= 0.6 is 24.0 Å². The van der Waals surface area contributed by atoms with Crippen LogP contribution in [0.15, 0.2) is 4.99 Å². The van der Waals surface area contributed by atoms with Crippen LogP contribution in [0.25, 0.3) is 0 Å². The van der Waals surface area contributed by atoms with Crippen LogP contribution in [0.2, 0.25) is 0 Å². The number of hydrogen-bond acceptors (Lipinski definition) is 3. The van der Waals surface area contributed by atoms with Gasteiger partial charge in [-0.05, 0) is 12.8 Å². The zero-order valence-electron chi connectivity index (χ0n) is 13.1. The highest BCUT2D eigenvalue weighted by molar-refractivity contribution is 14.0. The maximum atomic E-state index is 6.08. The van der Waals surface area contributed by atoms with Crippen molar-refractivity contribution in [3.63, 3.8) is 0 Å². The lowest BCUT2D eigenvalue weighted by Gasteiger charge is -2.27. The third kappa shape index (κ3) is 4.32. The second-order valence-corrected chi connectivity index (χ2v) is 4.98. The van der Waals surface area contributed by atoms with Crippen molar-refractivity contribution in [3.8, 4) is 0 Å². The predicted molar refractivity (Wildman–Crippen MR) is 95.1 cm³/mol. The van der Waals surface area contributed by atoms with Crippen LogP contribution in [0.4, 0.5) is 0 Å². The fourth-order valence-corrected chi connectivity index (χ4v) is 2.62. The van der Waals surface area contributed by atoms with E-state index in [0.717, 1.165) is 44.8 Å². The first-order valence-electron chi connectivity index (χ1n) is 7.33. The topological polar surface area (TPSA) is 68.7 Å². The van der Waals surface area contributed by atoms with Crippen LogP contribution in [0.5, 0.6) is 0 Å². The van der Waals surface area contributed by atoms with Gasteiger partial charge in [0.15, 0.2) is 5.96 Å². The summed E-state index contributed by atoms with van der Waals surface area (Å²) in [6.45, 7) is 7.99. The number of hydrogen-bond donors (Lipinski definition) is 1. The van der Waals surface area contributed by atoms with Crippen molar-refractivity contribution in [3.05, 3.63) is 17.0 Å². The minimum Gasteiger partial charge on any atom is -0.378 e. The highest BCUT2D eigenvalue weighted by Crippen LogP contribution is 2.16. The van der Waals surface area contributed by atoms with Gasteiger partial charge in [0.05, 0.1) is 25.5 Å². The van der Waals surface area contributed by atoms with Gasteiger partial charge in [-0.15, -0.1) is 24.0 Å². The molecule has 2 heterocycles. The Kier molecular flexibility index (Phi) is 7.44. The van der Waals surface area contributed by atoms with Gasteiger partial charge in [-0.3, -0.25) is 4.68 Å². The molecule has 120 valence electrons. The lowest BCUT2D eigenvalue weighted by atomic mass is 10.1. The van der Waals surface area contributed by atoms with Crippen molar-refractivity contribution >= 4 is 29.9 Å². The average molecular weight is 407 g/mol. The van der Waals surface area contributed by atoms with Crippen LogP contribution in [-0.2, 0) is 31.2 Å². The highest BCUT2D eigenvalue weighted by atomic mass is 127. The van der Waals surface area contributed by atoms with E-state index < -0.39 is 0 Å². The van der Waals surface area contributed by atoms with Gasteiger partial charge >= 0.3 is 0 Å². The summed E-state index contributed by atoms with van der Waals surface area (Å²) in [5.41, 5.74) is 9.69. The van der Waals surface area contributed by atoms with E-state index in [1.807, 2.05) is 11.7 Å². The number of nitrogens with two attached hydrogens (primary N) is 1. The fourth-order valence-electron chi connectivity index (χ4n) is 2.62. The van der Waals surface area contributed by atoms with E-state index in [2.05, 4.69) is 28.8 Å². The molecule has 0 aliphatic carbocycles. The highest BCUT2D eigenvalue weighted by Gasteiger charge is 2.15. The average Bonchev–Trinajstić information content (AvgIpc) is 2.80. The summed E-state index contributed by atoms with van der Waals surface area (Å²) in [6.07, 6.45) is 1.89. The molecule has 0 bridgehead atoms. The maximum Gasteiger partial charge on any atom is 0.191 e. The molecule has 0 spiro atoms. The van der Waals surface area contributed by atoms with E-state index in [0.29, 0.717) is 12.5 Å². The molecule has 0 radical (unpaired) electrons. The molecule has 0 saturated carbocycles. The van der Waals surface area contributed by atoms with Crippen LogP contribution in [0.3, 0.4) is 0 Å². The van der Waals surface area contributed by atoms with Gasteiger partial charge in [-0.1, -0.05) is 13.8 Å². The number of ether oxygens (including phenoxy) is 1. The van der Waals surface area contributed by atoms with Crippen molar-refractivity contribution in [2.45, 2.75) is 33.2 Å². The molecule has 1 aromatic heterocycles. The van der Waals surface area contributed by atoms with Crippen molar-refractivity contribution in [2.24, 2.45) is 17.8 Å². The molecular formula is C14H26IN5O. The van der Waals surface area contributed by atoms with Gasteiger partial charge in [-0.25, -0.2) is 4.99 Å². The largest absolute Gasteiger partial charge is 0.378 e. The Morgan fingerprint density at radius 2 is 1.95 bits per heavy atom. The van der Waals surface area contributed by atoms with Gasteiger partial charge in [0.2, 0.25) is 0 Å². The summed E-state index contributed by atoms with van der Waals surface area (Å²) >= 11 is 0. The second-order valence-electron chi connectivity index (χ2n) is 4.98. The van der Waals surface area contributed by atoms with Crippen molar-refractivity contribution < 1.29 is 4.74 Å². The van der Waals surface area contributed by atoms with E-state index in [1.165, 1.54) is 11.3 Å². The molecule has 0 unspecified atom stereocenters. The Labute approximate surface area is 143 Å². The number of nitrogens with zero attached hydrogens (tertiary/aromatic N) is 4. The van der Waals surface area contributed by atoms with E-state index in [1.54, 1.807) is 0 Å². The molecule has 6 nitrogen and oxygen atoms in total. The molecule has 0 amide bonds. The van der Waals surface area contributed by atoms with E-state index in [9.17, 15) is 0 Å². The molecule has 2 N–H and O–H groups in total. The molecule has 7 heteroatoms. The van der Waals surface area contributed by atoms with E-state index in [-0.39, 0.29) is 24.0 Å². The van der Waals surface area contributed by atoms with Gasteiger partial charge < -0.3 is 15.4 Å². The first-order chi connectivity index (χ1) is 9.67. The molecule has 21 heavy (non-hydrogen) atoms. The first kappa shape index (κ1) is 18.2. The number of aliphatic imine (C=N–C) groups is 1. The number of rotatable bonds is 4. The third-order valence-electron chi connectivity index (χ3n) is 3.76. The molecule has 0 aromatic carbocycles. The molecule has 1 saturated heterocycles. The smallest absolute Gasteiger partial charge is 0.191 e. The number of aromatic nitrogens is 2. The summed E-state index contributed by atoms with van der Waals surface area (Å²) < 4.78 is 7.29. The van der Waals surface area contributed by atoms with Crippen LogP contribution < -0.4 is 5.73 Å². The predicted octanol–water partition coefficient (Wildman–Crippen LogP) is 1.31. The Bertz CT molecular complexity index is 480. The molecule has 2 rings (SSSR count). The fraction of sp³-hybridized carbons (Fsp3) is 0.714. The Hall–Kier alpha value is -0.830. The van der Waals surface area contributed by atoms with Gasteiger partial charge in [0.1, 0.15) is 0 Å². The lowest BCUT2D eigenvalue weighted by molar-refractivity contribution is 0.0674. The third-order valence-corrected chi connectivity index (χ3v) is 3.76. The van der Waals surface area contributed by atoms with Crippen LogP contribution in [0, 0.1) is 0 Å².